The van der Waals surface area contributed by atoms with E-state index in [1.807, 2.05) is 30.3 Å². The van der Waals surface area contributed by atoms with Gasteiger partial charge in [-0.2, -0.15) is 0 Å². The van der Waals surface area contributed by atoms with Crippen molar-refractivity contribution < 1.29 is 32.5 Å². The van der Waals surface area contributed by atoms with Crippen LogP contribution in [0.1, 0.15) is 46.6 Å². The lowest BCUT2D eigenvalue weighted by molar-refractivity contribution is -0.154. The molecule has 0 aliphatic carbocycles. The van der Waals surface area contributed by atoms with Crippen LogP contribution in [0.25, 0.3) is 0 Å². The maximum Gasteiger partial charge on any atom is 0.475 e. The fraction of sp³-hybridized carbons (Fsp3) is 0.600. The molecule has 0 aromatic heterocycles. The van der Waals surface area contributed by atoms with Crippen LogP contribution >= 0.6 is 7.82 Å². The Hall–Kier alpha value is -1.73. The molecule has 9 heteroatoms. The van der Waals surface area contributed by atoms with E-state index in [0.717, 1.165) is 5.56 Å². The first-order valence-corrected chi connectivity index (χ1v) is 11.0. The predicted molar refractivity (Wildman–Crippen MR) is 107 cm³/mol. The van der Waals surface area contributed by atoms with Gasteiger partial charge in [-0.1, -0.05) is 44.2 Å². The third-order valence-electron chi connectivity index (χ3n) is 4.06. The van der Waals surface area contributed by atoms with Crippen LogP contribution in [0.5, 0.6) is 0 Å². The average molecular weight is 427 g/mol. The highest BCUT2D eigenvalue weighted by atomic mass is 31.2. The Morgan fingerprint density at radius 2 is 1.90 bits per heavy atom. The molecule has 1 heterocycles. The summed E-state index contributed by atoms with van der Waals surface area (Å²) in [5.41, 5.74) is -0.506. The van der Waals surface area contributed by atoms with Crippen LogP contribution in [0, 0.1) is 5.41 Å². The molecule has 29 heavy (non-hydrogen) atoms. The van der Waals surface area contributed by atoms with E-state index >= 15 is 0 Å². The van der Waals surface area contributed by atoms with Crippen molar-refractivity contribution in [3.8, 4) is 0 Å². The van der Waals surface area contributed by atoms with Gasteiger partial charge in [-0.25, -0.2) is 4.57 Å². The van der Waals surface area contributed by atoms with Crippen LogP contribution < -0.4 is 5.32 Å². The van der Waals surface area contributed by atoms with Gasteiger partial charge in [0.15, 0.2) is 6.10 Å². The Kier molecular flexibility index (Phi) is 7.62. The first-order chi connectivity index (χ1) is 13.4. The third-order valence-corrected chi connectivity index (χ3v) is 5.42. The molecule has 0 radical (unpaired) electrons. The quantitative estimate of drug-likeness (QED) is 0.524. The molecule has 1 aliphatic rings. The summed E-state index contributed by atoms with van der Waals surface area (Å²) in [6.07, 6.45) is -1.02. The van der Waals surface area contributed by atoms with Gasteiger partial charge in [-0.05, 0) is 26.3 Å². The molecule has 2 rings (SSSR count). The van der Waals surface area contributed by atoms with Crippen molar-refractivity contribution in [1.29, 1.82) is 0 Å². The van der Waals surface area contributed by atoms with Crippen LogP contribution in [0.4, 0.5) is 0 Å². The van der Waals surface area contributed by atoms with Gasteiger partial charge in [0.25, 0.3) is 0 Å². The van der Waals surface area contributed by atoms with Crippen molar-refractivity contribution >= 4 is 19.7 Å². The molecule has 0 unspecified atom stereocenters. The number of amides is 1. The molecular formula is C20H30NO7P. The SMILES string of the molecule is CC(C)(C)OC(=O)CCNC(=O)[C@@H]1O[P@](=O)(OCc2ccccc2)OCC1(C)C. The number of carbonyl (C=O) groups excluding carboxylic acids is 2. The topological polar surface area (TPSA) is 100 Å². The third kappa shape index (κ3) is 7.55. The first kappa shape index (κ1) is 23.5. The lowest BCUT2D eigenvalue weighted by atomic mass is 9.87. The smallest absolute Gasteiger partial charge is 0.460 e. The molecule has 1 N–H and O–H groups in total. The highest BCUT2D eigenvalue weighted by Crippen LogP contribution is 2.57. The Morgan fingerprint density at radius 3 is 2.52 bits per heavy atom. The van der Waals surface area contributed by atoms with Gasteiger partial charge in [-0.3, -0.25) is 23.2 Å². The minimum absolute atomic E-state index is 0.0226. The number of esters is 1. The minimum atomic E-state index is -3.90. The zero-order valence-electron chi connectivity index (χ0n) is 17.6. The fourth-order valence-corrected chi connectivity index (χ4v) is 4.23. The summed E-state index contributed by atoms with van der Waals surface area (Å²) in [4.78, 5) is 24.4. The lowest BCUT2D eigenvalue weighted by Gasteiger charge is -2.39. The van der Waals surface area contributed by atoms with Crippen LogP contribution in [0.3, 0.4) is 0 Å². The van der Waals surface area contributed by atoms with Crippen LogP contribution in [-0.2, 0) is 39.1 Å². The van der Waals surface area contributed by atoms with E-state index in [2.05, 4.69) is 5.32 Å². The largest absolute Gasteiger partial charge is 0.475 e. The number of carbonyl (C=O) groups is 2. The average Bonchev–Trinajstić information content (AvgIpc) is 2.62. The number of rotatable bonds is 7. The van der Waals surface area contributed by atoms with Gasteiger partial charge in [0.05, 0.1) is 19.6 Å². The van der Waals surface area contributed by atoms with Gasteiger partial charge in [0, 0.05) is 12.0 Å². The van der Waals surface area contributed by atoms with E-state index in [1.54, 1.807) is 34.6 Å². The Morgan fingerprint density at radius 1 is 1.24 bits per heavy atom. The molecule has 1 amide bonds. The van der Waals surface area contributed by atoms with Gasteiger partial charge in [-0.15, -0.1) is 0 Å². The molecule has 1 saturated heterocycles. The molecular weight excluding hydrogens is 397 g/mol. The molecule has 0 bridgehead atoms. The van der Waals surface area contributed by atoms with E-state index in [0.29, 0.717) is 0 Å². The summed E-state index contributed by atoms with van der Waals surface area (Å²) in [7, 11) is -3.90. The maximum absolute atomic E-state index is 12.8. The van der Waals surface area contributed by atoms with Gasteiger partial charge in [0.1, 0.15) is 5.60 Å². The van der Waals surface area contributed by atoms with E-state index in [9.17, 15) is 14.2 Å². The summed E-state index contributed by atoms with van der Waals surface area (Å²) in [6.45, 7) is 9.00. The second-order valence-electron chi connectivity index (χ2n) is 8.58. The molecule has 1 aliphatic heterocycles. The highest BCUT2D eigenvalue weighted by molar-refractivity contribution is 7.48. The standard InChI is InChI=1S/C20H30NO7P/c1-19(2,3)27-16(22)11-12-21-18(23)17-20(4,5)14-26-29(24,28-17)25-13-15-9-7-6-8-10-15/h6-10,17H,11-14H2,1-5H3,(H,21,23)/t17-,29+/m0/s1. The monoisotopic (exact) mass is 427 g/mol. The second-order valence-corrected chi connectivity index (χ2v) is 10.2. The van der Waals surface area contributed by atoms with Crippen molar-refractivity contribution in [2.24, 2.45) is 5.41 Å². The zero-order valence-corrected chi connectivity index (χ0v) is 18.5. The maximum atomic E-state index is 12.8. The van der Waals surface area contributed by atoms with E-state index in [-0.39, 0.29) is 26.2 Å². The Labute approximate surface area is 171 Å². The molecule has 1 aromatic carbocycles. The molecule has 0 saturated carbocycles. The molecule has 8 nitrogen and oxygen atoms in total. The number of phosphoric acid groups is 1. The summed E-state index contributed by atoms with van der Waals surface area (Å²) in [6, 6.07) is 9.17. The van der Waals surface area contributed by atoms with Gasteiger partial charge < -0.3 is 10.1 Å². The predicted octanol–water partition coefficient (Wildman–Crippen LogP) is 3.60. The number of hydrogen-bond acceptors (Lipinski definition) is 7. The van der Waals surface area contributed by atoms with Crippen molar-refractivity contribution in [3.63, 3.8) is 0 Å². The summed E-state index contributed by atoms with van der Waals surface area (Å²) >= 11 is 0. The van der Waals surface area contributed by atoms with Crippen molar-refractivity contribution in [3.05, 3.63) is 35.9 Å². The molecule has 162 valence electrons. The van der Waals surface area contributed by atoms with Gasteiger partial charge >= 0.3 is 13.8 Å². The second kappa shape index (κ2) is 9.39. The number of benzene rings is 1. The number of hydrogen-bond donors (Lipinski definition) is 1. The minimum Gasteiger partial charge on any atom is -0.460 e. The van der Waals surface area contributed by atoms with Crippen molar-refractivity contribution in [2.75, 3.05) is 13.2 Å². The molecule has 2 atom stereocenters. The van der Waals surface area contributed by atoms with Crippen LogP contribution in [-0.4, -0.2) is 36.7 Å². The lowest BCUT2D eigenvalue weighted by Crippen LogP contribution is -2.50. The number of nitrogens with one attached hydrogen (secondary N) is 1. The van der Waals surface area contributed by atoms with E-state index in [4.69, 9.17) is 18.3 Å². The van der Waals surface area contributed by atoms with E-state index < -0.39 is 36.8 Å². The molecule has 0 spiro atoms. The normalized spacial score (nSPS) is 24.0. The van der Waals surface area contributed by atoms with Crippen molar-refractivity contribution in [2.45, 2.75) is 59.4 Å². The Balaban J connectivity index is 1.91. The summed E-state index contributed by atoms with van der Waals surface area (Å²) < 4.78 is 34.3. The van der Waals surface area contributed by atoms with Gasteiger partial charge in [0.2, 0.25) is 5.91 Å². The number of phosphoric ester groups is 1. The molecule has 1 aromatic rings. The summed E-state index contributed by atoms with van der Waals surface area (Å²) in [5.74, 6) is -0.896. The molecule has 1 fully saturated rings. The fourth-order valence-electron chi connectivity index (χ4n) is 2.59. The number of ether oxygens (including phenoxy) is 1. The van der Waals surface area contributed by atoms with E-state index in [1.165, 1.54) is 0 Å². The van der Waals surface area contributed by atoms with Crippen LogP contribution in [0.2, 0.25) is 0 Å². The highest BCUT2D eigenvalue weighted by Gasteiger charge is 2.49. The zero-order chi connectivity index (χ0) is 21.7. The Bertz CT molecular complexity index is 758. The van der Waals surface area contributed by atoms with Crippen LogP contribution in [0.15, 0.2) is 30.3 Å². The summed E-state index contributed by atoms with van der Waals surface area (Å²) in [5, 5.41) is 2.64. The first-order valence-electron chi connectivity index (χ1n) is 9.51. The van der Waals surface area contributed by atoms with Crippen molar-refractivity contribution in [1.82, 2.24) is 5.32 Å².